The van der Waals surface area contributed by atoms with Crippen LogP contribution in [0.4, 0.5) is 10.5 Å². The van der Waals surface area contributed by atoms with Crippen LogP contribution in [-0.4, -0.2) is 19.2 Å². The van der Waals surface area contributed by atoms with Crippen molar-refractivity contribution >= 4 is 11.7 Å². The Bertz CT molecular complexity index is 444. The van der Waals surface area contributed by atoms with E-state index in [1.54, 1.807) is 0 Å². The second kappa shape index (κ2) is 9.27. The summed E-state index contributed by atoms with van der Waals surface area (Å²) >= 11 is 0. The van der Waals surface area contributed by atoms with Gasteiger partial charge < -0.3 is 15.4 Å². The number of unbranched alkanes of at least 4 members (excludes halogenated alkanes) is 1. The van der Waals surface area contributed by atoms with Crippen molar-refractivity contribution in [3.05, 3.63) is 23.8 Å². The molecule has 0 aliphatic carbocycles. The third-order valence-corrected chi connectivity index (χ3v) is 3.22. The number of hydrogen-bond acceptors (Lipinski definition) is 2. The zero-order chi connectivity index (χ0) is 15.7. The smallest absolute Gasteiger partial charge is 0.319 e. The first-order chi connectivity index (χ1) is 10.0. The van der Waals surface area contributed by atoms with Gasteiger partial charge in [0.25, 0.3) is 0 Å². The van der Waals surface area contributed by atoms with Crippen LogP contribution in [0.5, 0.6) is 5.75 Å². The maximum Gasteiger partial charge on any atom is 0.319 e. The molecule has 1 aromatic rings. The van der Waals surface area contributed by atoms with Crippen molar-refractivity contribution in [1.82, 2.24) is 5.32 Å². The third kappa shape index (κ3) is 7.02. The van der Waals surface area contributed by atoms with Crippen LogP contribution in [0.2, 0.25) is 0 Å². The third-order valence-electron chi connectivity index (χ3n) is 3.22. The van der Waals surface area contributed by atoms with E-state index in [1.165, 1.54) is 0 Å². The molecule has 0 aromatic heterocycles. The van der Waals surface area contributed by atoms with Crippen molar-refractivity contribution < 1.29 is 9.53 Å². The fraction of sp³-hybridized carbons (Fsp3) is 0.588. The lowest BCUT2D eigenvalue weighted by Gasteiger charge is -2.12. The molecule has 0 aliphatic rings. The lowest BCUT2D eigenvalue weighted by Crippen LogP contribution is -2.30. The number of carbonyl (C=O) groups excluding carboxylic acids is 1. The van der Waals surface area contributed by atoms with E-state index in [9.17, 15) is 4.79 Å². The van der Waals surface area contributed by atoms with Crippen LogP contribution < -0.4 is 15.4 Å². The highest BCUT2D eigenvalue weighted by Crippen LogP contribution is 2.21. The molecule has 0 saturated heterocycles. The number of carbonyl (C=O) groups is 1. The monoisotopic (exact) mass is 292 g/mol. The maximum absolute atomic E-state index is 11.8. The largest absolute Gasteiger partial charge is 0.494 e. The fourth-order valence-electron chi connectivity index (χ4n) is 1.84. The van der Waals surface area contributed by atoms with Crippen LogP contribution in [0.3, 0.4) is 0 Å². The van der Waals surface area contributed by atoms with E-state index < -0.39 is 0 Å². The minimum Gasteiger partial charge on any atom is -0.494 e. The highest BCUT2D eigenvalue weighted by Gasteiger charge is 2.05. The van der Waals surface area contributed by atoms with Gasteiger partial charge in [-0.3, -0.25) is 0 Å². The minimum atomic E-state index is -0.154. The van der Waals surface area contributed by atoms with Crippen LogP contribution in [0.25, 0.3) is 0 Å². The number of amides is 2. The van der Waals surface area contributed by atoms with E-state index in [0.717, 1.165) is 42.9 Å². The maximum atomic E-state index is 11.8. The molecule has 21 heavy (non-hydrogen) atoms. The van der Waals surface area contributed by atoms with Crippen LogP contribution in [0.15, 0.2) is 18.2 Å². The Kier molecular flexibility index (Phi) is 7.65. The van der Waals surface area contributed by atoms with Gasteiger partial charge in [-0.15, -0.1) is 0 Å². The van der Waals surface area contributed by atoms with Gasteiger partial charge in [-0.05, 0) is 49.4 Å². The van der Waals surface area contributed by atoms with E-state index >= 15 is 0 Å². The Balaban J connectivity index is 2.46. The number of urea groups is 1. The molecule has 118 valence electrons. The molecule has 1 aromatic carbocycles. The lowest BCUT2D eigenvalue weighted by atomic mass is 10.1. The Morgan fingerprint density at radius 2 is 2.10 bits per heavy atom. The fourth-order valence-corrected chi connectivity index (χ4v) is 1.84. The molecule has 2 amide bonds. The van der Waals surface area contributed by atoms with Crippen molar-refractivity contribution in [2.45, 2.75) is 47.0 Å². The number of ether oxygens (including phenoxy) is 1. The van der Waals surface area contributed by atoms with Gasteiger partial charge in [0.1, 0.15) is 5.75 Å². The molecule has 0 aliphatic heterocycles. The predicted molar refractivity (Wildman–Crippen MR) is 88.1 cm³/mol. The quantitative estimate of drug-likeness (QED) is 0.700. The molecular formula is C17H28N2O2. The summed E-state index contributed by atoms with van der Waals surface area (Å²) in [6.45, 7) is 9.82. The van der Waals surface area contributed by atoms with Gasteiger partial charge in [0.2, 0.25) is 0 Å². The van der Waals surface area contributed by atoms with Gasteiger partial charge in [0.05, 0.1) is 6.61 Å². The van der Waals surface area contributed by atoms with Crippen molar-refractivity contribution in [1.29, 1.82) is 0 Å². The molecule has 0 radical (unpaired) electrons. The highest BCUT2D eigenvalue weighted by molar-refractivity contribution is 5.90. The van der Waals surface area contributed by atoms with Crippen molar-refractivity contribution in [2.75, 3.05) is 18.5 Å². The van der Waals surface area contributed by atoms with E-state index in [-0.39, 0.29) is 6.03 Å². The molecule has 4 heteroatoms. The zero-order valence-corrected chi connectivity index (χ0v) is 13.7. The van der Waals surface area contributed by atoms with Gasteiger partial charge in [-0.1, -0.05) is 27.2 Å². The number of benzene rings is 1. The van der Waals surface area contributed by atoms with Crippen LogP contribution in [0.1, 0.15) is 45.6 Å². The second-order valence-electron chi connectivity index (χ2n) is 5.74. The first-order valence-electron chi connectivity index (χ1n) is 7.81. The summed E-state index contributed by atoms with van der Waals surface area (Å²) < 4.78 is 5.65. The first kappa shape index (κ1) is 17.3. The molecule has 0 unspecified atom stereocenters. The zero-order valence-electron chi connectivity index (χ0n) is 13.7. The number of hydrogen-bond donors (Lipinski definition) is 2. The SMILES string of the molecule is CCCCOc1ccc(NC(=O)NCCC(C)C)c(C)c1. The number of nitrogens with one attached hydrogen (secondary N) is 2. The average Bonchev–Trinajstić information content (AvgIpc) is 2.41. The summed E-state index contributed by atoms with van der Waals surface area (Å²) in [4.78, 5) is 11.8. The Morgan fingerprint density at radius 3 is 2.71 bits per heavy atom. The second-order valence-corrected chi connectivity index (χ2v) is 5.74. The average molecular weight is 292 g/mol. The van der Waals surface area contributed by atoms with Gasteiger partial charge in [-0.25, -0.2) is 4.79 Å². The first-order valence-corrected chi connectivity index (χ1v) is 7.81. The van der Waals surface area contributed by atoms with Crippen molar-refractivity contribution in [2.24, 2.45) is 5.92 Å². The standard InChI is InChI=1S/C17H28N2O2/c1-5-6-11-21-15-7-8-16(14(4)12-15)19-17(20)18-10-9-13(2)3/h7-8,12-13H,5-6,9-11H2,1-4H3,(H2,18,19,20). The van der Waals surface area contributed by atoms with E-state index in [4.69, 9.17) is 4.74 Å². The molecular weight excluding hydrogens is 264 g/mol. The summed E-state index contributed by atoms with van der Waals surface area (Å²) in [5.74, 6) is 1.44. The number of anilines is 1. The Hall–Kier alpha value is -1.71. The normalized spacial score (nSPS) is 10.5. The molecule has 0 atom stereocenters. The molecule has 0 heterocycles. The predicted octanol–water partition coefficient (Wildman–Crippen LogP) is 4.34. The highest BCUT2D eigenvalue weighted by atomic mass is 16.5. The molecule has 4 nitrogen and oxygen atoms in total. The number of aryl methyl sites for hydroxylation is 1. The molecule has 1 rings (SSSR count). The van der Waals surface area contributed by atoms with Gasteiger partial charge in [0.15, 0.2) is 0 Å². The summed E-state index contributed by atoms with van der Waals surface area (Å²) in [6.07, 6.45) is 3.16. The van der Waals surface area contributed by atoms with Crippen LogP contribution in [0, 0.1) is 12.8 Å². The molecule has 0 spiro atoms. The van der Waals surface area contributed by atoms with Crippen LogP contribution >= 0.6 is 0 Å². The van der Waals surface area contributed by atoms with Gasteiger partial charge >= 0.3 is 6.03 Å². The molecule has 0 bridgehead atoms. The van der Waals surface area contributed by atoms with Crippen molar-refractivity contribution in [3.63, 3.8) is 0 Å². The van der Waals surface area contributed by atoms with Crippen molar-refractivity contribution in [3.8, 4) is 5.75 Å². The molecule has 2 N–H and O–H groups in total. The topological polar surface area (TPSA) is 50.4 Å². The molecule has 0 saturated carbocycles. The summed E-state index contributed by atoms with van der Waals surface area (Å²) in [5.41, 5.74) is 1.82. The van der Waals surface area contributed by atoms with Gasteiger partial charge in [0, 0.05) is 12.2 Å². The Labute approximate surface area is 128 Å². The summed E-state index contributed by atoms with van der Waals surface area (Å²) in [6, 6.07) is 5.59. The van der Waals surface area contributed by atoms with Gasteiger partial charge in [-0.2, -0.15) is 0 Å². The van der Waals surface area contributed by atoms with E-state index in [0.29, 0.717) is 12.5 Å². The van der Waals surface area contributed by atoms with E-state index in [2.05, 4.69) is 31.4 Å². The lowest BCUT2D eigenvalue weighted by molar-refractivity contribution is 0.251. The molecule has 0 fully saturated rings. The summed E-state index contributed by atoms with van der Waals surface area (Å²) in [7, 11) is 0. The summed E-state index contributed by atoms with van der Waals surface area (Å²) in [5, 5.41) is 5.74. The minimum absolute atomic E-state index is 0.154. The Morgan fingerprint density at radius 1 is 1.33 bits per heavy atom. The van der Waals surface area contributed by atoms with Crippen LogP contribution in [-0.2, 0) is 0 Å². The number of rotatable bonds is 8. The van der Waals surface area contributed by atoms with E-state index in [1.807, 2.05) is 25.1 Å².